The molecule has 12 heavy (non-hydrogen) atoms. The van der Waals surface area contributed by atoms with Gasteiger partial charge in [-0.05, 0) is 6.07 Å². The molecular weight excluding hydrogens is 173 g/mol. The maximum Gasteiger partial charge on any atom is 0.433 e. The maximum atomic E-state index is 11.9. The highest BCUT2D eigenvalue weighted by atomic mass is 19.4. The Hall–Kier alpha value is -1.17. The van der Waals surface area contributed by atoms with E-state index in [1.54, 1.807) is 0 Å². The van der Waals surface area contributed by atoms with E-state index in [1.807, 2.05) is 0 Å². The van der Waals surface area contributed by atoms with Crippen molar-refractivity contribution in [1.82, 2.24) is 9.97 Å². The summed E-state index contributed by atoms with van der Waals surface area (Å²) in [5.41, 5.74) is -1.04. The Bertz CT molecular complexity index is 274. The summed E-state index contributed by atoms with van der Waals surface area (Å²) in [6.07, 6.45) is -3.52. The van der Waals surface area contributed by atoms with Crippen molar-refractivity contribution in [3.8, 4) is 0 Å². The molecule has 1 heterocycles. The SMILES string of the molecule is OCc1nccc(C(F)(F)F)n1. The fraction of sp³-hybridized carbons (Fsp3) is 0.333. The normalized spacial score (nSPS) is 11.7. The average molecular weight is 178 g/mol. The Morgan fingerprint density at radius 2 is 2.08 bits per heavy atom. The number of aromatic nitrogens is 2. The summed E-state index contributed by atoms with van der Waals surface area (Å²) < 4.78 is 35.8. The molecule has 3 nitrogen and oxygen atoms in total. The molecule has 66 valence electrons. The minimum Gasteiger partial charge on any atom is -0.388 e. The van der Waals surface area contributed by atoms with Crippen LogP contribution in [0.1, 0.15) is 11.5 Å². The zero-order valence-corrected chi connectivity index (χ0v) is 5.84. The van der Waals surface area contributed by atoms with Gasteiger partial charge < -0.3 is 5.11 Å². The first-order valence-electron chi connectivity index (χ1n) is 3.04. The predicted molar refractivity (Wildman–Crippen MR) is 33.0 cm³/mol. The van der Waals surface area contributed by atoms with E-state index in [1.165, 1.54) is 0 Å². The lowest BCUT2D eigenvalue weighted by Crippen LogP contribution is -2.10. The smallest absolute Gasteiger partial charge is 0.388 e. The molecule has 0 aliphatic carbocycles. The van der Waals surface area contributed by atoms with Gasteiger partial charge in [-0.15, -0.1) is 0 Å². The summed E-state index contributed by atoms with van der Waals surface area (Å²) in [6.45, 7) is -0.593. The Balaban J connectivity index is 3.02. The molecule has 0 unspecified atom stereocenters. The molecule has 0 saturated heterocycles. The molecule has 1 rings (SSSR count). The van der Waals surface area contributed by atoms with Gasteiger partial charge in [0.15, 0.2) is 5.82 Å². The lowest BCUT2D eigenvalue weighted by molar-refractivity contribution is -0.141. The third-order valence-corrected chi connectivity index (χ3v) is 1.14. The van der Waals surface area contributed by atoms with Gasteiger partial charge in [0.05, 0.1) is 0 Å². The van der Waals surface area contributed by atoms with Crippen molar-refractivity contribution in [3.05, 3.63) is 23.8 Å². The number of hydrogen-bond donors (Lipinski definition) is 1. The van der Waals surface area contributed by atoms with Crippen LogP contribution in [0, 0.1) is 0 Å². The zero-order valence-electron chi connectivity index (χ0n) is 5.84. The largest absolute Gasteiger partial charge is 0.433 e. The molecule has 0 spiro atoms. The number of nitrogens with zero attached hydrogens (tertiary/aromatic N) is 2. The predicted octanol–water partition coefficient (Wildman–Crippen LogP) is 0.988. The van der Waals surface area contributed by atoms with Crippen molar-refractivity contribution in [1.29, 1.82) is 0 Å². The lowest BCUT2D eigenvalue weighted by atomic mass is 10.4. The summed E-state index contributed by atoms with van der Waals surface area (Å²) in [7, 11) is 0. The Morgan fingerprint density at radius 3 is 2.58 bits per heavy atom. The lowest BCUT2D eigenvalue weighted by Gasteiger charge is -2.04. The van der Waals surface area contributed by atoms with Crippen LogP contribution in [0.3, 0.4) is 0 Å². The van der Waals surface area contributed by atoms with Crippen molar-refractivity contribution in [2.24, 2.45) is 0 Å². The summed E-state index contributed by atoms with van der Waals surface area (Å²) in [6, 6.07) is 0.749. The van der Waals surface area contributed by atoms with Gasteiger partial charge in [0.2, 0.25) is 0 Å². The average Bonchev–Trinajstić information content (AvgIpc) is 2.03. The number of halogens is 3. The van der Waals surface area contributed by atoms with Gasteiger partial charge in [-0.1, -0.05) is 0 Å². The maximum absolute atomic E-state index is 11.9. The van der Waals surface area contributed by atoms with Crippen molar-refractivity contribution in [2.45, 2.75) is 12.8 Å². The highest BCUT2D eigenvalue weighted by Crippen LogP contribution is 2.26. The summed E-state index contributed by atoms with van der Waals surface area (Å²) in [4.78, 5) is 6.49. The highest BCUT2D eigenvalue weighted by molar-refractivity contribution is 5.05. The Morgan fingerprint density at radius 1 is 1.42 bits per heavy atom. The van der Waals surface area contributed by atoms with Crippen molar-refractivity contribution in [3.63, 3.8) is 0 Å². The van der Waals surface area contributed by atoms with Gasteiger partial charge in [0.25, 0.3) is 0 Å². The summed E-state index contributed by atoms with van der Waals surface area (Å²) in [5, 5.41) is 8.44. The minimum atomic E-state index is -4.48. The van der Waals surface area contributed by atoms with E-state index >= 15 is 0 Å². The van der Waals surface area contributed by atoms with Crippen LogP contribution < -0.4 is 0 Å². The highest BCUT2D eigenvalue weighted by Gasteiger charge is 2.32. The fourth-order valence-electron chi connectivity index (χ4n) is 0.633. The standard InChI is InChI=1S/C6H5F3N2O/c7-6(8,9)4-1-2-10-5(3-12)11-4/h1-2,12H,3H2. The van der Waals surface area contributed by atoms with Crippen molar-refractivity contribution >= 4 is 0 Å². The number of aliphatic hydroxyl groups is 1. The van der Waals surface area contributed by atoms with E-state index in [0.29, 0.717) is 0 Å². The quantitative estimate of drug-likeness (QED) is 0.697. The summed E-state index contributed by atoms with van der Waals surface area (Å²) in [5.74, 6) is -0.232. The van der Waals surface area contributed by atoms with Gasteiger partial charge >= 0.3 is 6.18 Å². The first-order chi connectivity index (χ1) is 5.54. The third kappa shape index (κ3) is 1.91. The van der Waals surface area contributed by atoms with Gasteiger partial charge in [-0.3, -0.25) is 0 Å². The summed E-state index contributed by atoms with van der Waals surface area (Å²) >= 11 is 0. The molecule has 0 atom stereocenters. The molecule has 0 aliphatic heterocycles. The van der Waals surface area contributed by atoms with Gasteiger partial charge in [0.1, 0.15) is 12.3 Å². The molecule has 0 aromatic carbocycles. The van der Waals surface area contributed by atoms with Crippen molar-refractivity contribution < 1.29 is 18.3 Å². The van der Waals surface area contributed by atoms with E-state index in [2.05, 4.69) is 9.97 Å². The third-order valence-electron chi connectivity index (χ3n) is 1.14. The molecule has 1 aromatic rings. The molecule has 6 heteroatoms. The van der Waals surface area contributed by atoms with E-state index in [-0.39, 0.29) is 5.82 Å². The number of alkyl halides is 3. The second-order valence-corrected chi connectivity index (χ2v) is 2.01. The molecule has 1 aromatic heterocycles. The van der Waals surface area contributed by atoms with Crippen LogP contribution in [0.5, 0.6) is 0 Å². The molecule has 0 aliphatic rings. The number of hydrogen-bond acceptors (Lipinski definition) is 3. The first-order valence-corrected chi connectivity index (χ1v) is 3.04. The topological polar surface area (TPSA) is 46.0 Å². The molecular formula is C6H5F3N2O. The van der Waals surface area contributed by atoms with Crippen LogP contribution in [0.4, 0.5) is 13.2 Å². The van der Waals surface area contributed by atoms with Crippen LogP contribution in [0.15, 0.2) is 12.3 Å². The molecule has 1 N–H and O–H groups in total. The molecule has 0 bridgehead atoms. The van der Waals surface area contributed by atoms with E-state index in [0.717, 1.165) is 12.3 Å². The first kappa shape index (κ1) is 8.92. The number of aliphatic hydroxyl groups excluding tert-OH is 1. The van der Waals surface area contributed by atoms with E-state index in [9.17, 15) is 13.2 Å². The van der Waals surface area contributed by atoms with Gasteiger partial charge in [0, 0.05) is 6.20 Å². The van der Waals surface area contributed by atoms with E-state index < -0.39 is 18.5 Å². The van der Waals surface area contributed by atoms with Crippen LogP contribution in [-0.2, 0) is 12.8 Å². The second-order valence-electron chi connectivity index (χ2n) is 2.01. The van der Waals surface area contributed by atoms with E-state index in [4.69, 9.17) is 5.11 Å². The monoisotopic (exact) mass is 178 g/mol. The molecule has 0 amide bonds. The fourth-order valence-corrected chi connectivity index (χ4v) is 0.633. The van der Waals surface area contributed by atoms with Gasteiger partial charge in [-0.25, -0.2) is 9.97 Å². The molecule has 0 fully saturated rings. The van der Waals surface area contributed by atoms with Crippen molar-refractivity contribution in [2.75, 3.05) is 0 Å². The van der Waals surface area contributed by atoms with Crippen LogP contribution in [-0.4, -0.2) is 15.1 Å². The molecule has 0 saturated carbocycles. The Kier molecular flexibility index (Phi) is 2.27. The van der Waals surface area contributed by atoms with Crippen LogP contribution in [0.2, 0.25) is 0 Å². The minimum absolute atomic E-state index is 0.232. The van der Waals surface area contributed by atoms with Crippen LogP contribution in [0.25, 0.3) is 0 Å². The van der Waals surface area contributed by atoms with Gasteiger partial charge in [-0.2, -0.15) is 13.2 Å². The second kappa shape index (κ2) is 3.06. The van der Waals surface area contributed by atoms with Crippen LogP contribution >= 0.6 is 0 Å². The zero-order chi connectivity index (χ0) is 9.19. The molecule has 0 radical (unpaired) electrons. The Labute approximate surface area is 65.9 Å². The number of rotatable bonds is 1.